The average Bonchev–Trinajstić information content (AvgIpc) is 2.46. The minimum atomic E-state index is 0. The molecule has 5 rings (SSSR count). The van der Waals surface area contributed by atoms with E-state index in [4.69, 9.17) is 0 Å². The highest BCUT2D eigenvalue weighted by Crippen LogP contribution is 2.55. The quantitative estimate of drug-likeness (QED) is 0.707. The fourth-order valence-electron chi connectivity index (χ4n) is 5.55. The Balaban J connectivity index is 0.00000156. The van der Waals surface area contributed by atoms with Gasteiger partial charge in [-0.25, -0.2) is 0 Å². The number of rotatable bonds is 5. The molecule has 0 heterocycles. The fraction of sp³-hybridized carbons (Fsp3) is 0.632. The van der Waals surface area contributed by atoms with Crippen molar-refractivity contribution in [1.82, 2.24) is 5.32 Å². The van der Waals surface area contributed by atoms with E-state index in [-0.39, 0.29) is 18.2 Å². The molecule has 4 heteroatoms. The van der Waals surface area contributed by atoms with E-state index in [1.54, 1.807) is 0 Å². The van der Waals surface area contributed by atoms with Crippen molar-refractivity contribution in [2.24, 2.45) is 17.8 Å². The number of carbonyl (C=O) groups is 1. The Labute approximate surface area is 153 Å². The number of benzene rings is 1. The van der Waals surface area contributed by atoms with Crippen LogP contribution in [0, 0.1) is 17.8 Å². The summed E-state index contributed by atoms with van der Waals surface area (Å²) < 4.78 is 1.02. The van der Waals surface area contributed by atoms with Crippen molar-refractivity contribution in [3.63, 3.8) is 0 Å². The normalized spacial score (nSPS) is 34.2. The number of carbonyl (C=O) groups excluding carboxylic acids is 1. The van der Waals surface area contributed by atoms with Crippen LogP contribution in [-0.2, 0) is 0 Å². The second-order valence-electron chi connectivity index (χ2n) is 7.80. The molecule has 0 aromatic heterocycles. The number of halogens is 2. The minimum absolute atomic E-state index is 0. The molecule has 4 aliphatic rings. The lowest BCUT2D eigenvalue weighted by Crippen LogP contribution is -2.58. The highest BCUT2D eigenvalue weighted by Gasteiger charge is 2.50. The Bertz CT molecular complexity index is 536. The van der Waals surface area contributed by atoms with E-state index < -0.39 is 0 Å². The highest BCUT2D eigenvalue weighted by atomic mass is 79.9. The van der Waals surface area contributed by atoms with Gasteiger partial charge in [-0.05, 0) is 68.4 Å². The van der Waals surface area contributed by atoms with Crippen molar-refractivity contribution >= 4 is 34.1 Å². The van der Waals surface area contributed by atoms with Crippen molar-refractivity contribution in [3.05, 3.63) is 34.3 Å². The molecule has 4 aliphatic carbocycles. The molecule has 0 aliphatic heterocycles. The van der Waals surface area contributed by atoms with Gasteiger partial charge in [-0.1, -0.05) is 28.1 Å². The summed E-state index contributed by atoms with van der Waals surface area (Å²) in [4.78, 5) is 12.3. The van der Waals surface area contributed by atoms with Crippen LogP contribution in [0.1, 0.15) is 55.3 Å². The van der Waals surface area contributed by atoms with Gasteiger partial charge in [0.1, 0.15) is 0 Å². The smallest absolute Gasteiger partial charge is 0.164 e. The van der Waals surface area contributed by atoms with Gasteiger partial charge < -0.3 is 5.32 Å². The lowest BCUT2D eigenvalue weighted by Gasteiger charge is -2.57. The van der Waals surface area contributed by atoms with Gasteiger partial charge in [-0.3, -0.25) is 4.79 Å². The third-order valence-electron chi connectivity index (χ3n) is 6.06. The maximum atomic E-state index is 12.3. The predicted molar refractivity (Wildman–Crippen MR) is 99.2 cm³/mol. The highest BCUT2D eigenvalue weighted by molar-refractivity contribution is 9.10. The number of Topliss-reactive ketones (excluding diaryl/α,β-unsaturated/α-hetero) is 1. The van der Waals surface area contributed by atoms with Crippen LogP contribution < -0.4 is 5.32 Å². The maximum Gasteiger partial charge on any atom is 0.164 e. The van der Waals surface area contributed by atoms with Crippen molar-refractivity contribution in [2.45, 2.75) is 50.5 Å². The fourth-order valence-corrected chi connectivity index (χ4v) is 5.81. The van der Waals surface area contributed by atoms with Crippen LogP contribution in [-0.4, -0.2) is 17.9 Å². The monoisotopic (exact) mass is 397 g/mol. The van der Waals surface area contributed by atoms with E-state index in [0.29, 0.717) is 12.0 Å². The molecule has 1 aromatic rings. The van der Waals surface area contributed by atoms with Crippen LogP contribution >= 0.6 is 28.3 Å². The molecule has 1 aromatic carbocycles. The molecule has 4 bridgehead atoms. The summed E-state index contributed by atoms with van der Waals surface area (Å²) in [5.41, 5.74) is 1.20. The molecule has 2 nitrogen and oxygen atoms in total. The first-order valence-electron chi connectivity index (χ1n) is 8.66. The van der Waals surface area contributed by atoms with E-state index in [2.05, 4.69) is 21.2 Å². The number of ketones is 1. The second-order valence-corrected chi connectivity index (χ2v) is 8.72. The first-order valence-corrected chi connectivity index (χ1v) is 9.45. The summed E-state index contributed by atoms with van der Waals surface area (Å²) in [6.07, 6.45) is 9.09. The largest absolute Gasteiger partial charge is 0.311 e. The maximum absolute atomic E-state index is 12.3. The van der Waals surface area contributed by atoms with Crippen LogP contribution in [0.15, 0.2) is 28.7 Å². The zero-order chi connectivity index (χ0) is 15.2. The van der Waals surface area contributed by atoms with Gasteiger partial charge in [0.15, 0.2) is 5.78 Å². The molecule has 4 fully saturated rings. The zero-order valence-corrected chi connectivity index (χ0v) is 15.8. The van der Waals surface area contributed by atoms with Crippen molar-refractivity contribution in [2.75, 3.05) is 6.54 Å². The Morgan fingerprint density at radius 3 is 2.09 bits per heavy atom. The number of hydrogen-bond acceptors (Lipinski definition) is 2. The average molecular weight is 399 g/mol. The van der Waals surface area contributed by atoms with Crippen molar-refractivity contribution < 1.29 is 4.79 Å². The van der Waals surface area contributed by atoms with E-state index in [0.717, 1.165) is 34.3 Å². The SMILES string of the molecule is Cl.O=C(CCNC12CC3CC(CC(C3)C1)C2)c1ccc(Br)cc1. The van der Waals surface area contributed by atoms with E-state index in [1.807, 2.05) is 24.3 Å². The molecule has 1 N–H and O–H groups in total. The molecule has 0 unspecified atom stereocenters. The summed E-state index contributed by atoms with van der Waals surface area (Å²) in [6.45, 7) is 0.834. The number of hydrogen-bond donors (Lipinski definition) is 1. The molecular weight excluding hydrogens is 374 g/mol. The molecule has 0 amide bonds. The summed E-state index contributed by atoms with van der Waals surface area (Å²) >= 11 is 3.41. The summed E-state index contributed by atoms with van der Waals surface area (Å²) in [5, 5.41) is 3.81. The van der Waals surface area contributed by atoms with Gasteiger partial charge in [-0.15, -0.1) is 12.4 Å². The van der Waals surface area contributed by atoms with Gasteiger partial charge in [0.25, 0.3) is 0 Å². The Kier molecular flexibility index (Phi) is 5.20. The summed E-state index contributed by atoms with van der Waals surface area (Å²) in [6, 6.07) is 7.72. The zero-order valence-electron chi connectivity index (χ0n) is 13.4. The van der Waals surface area contributed by atoms with Crippen LogP contribution in [0.25, 0.3) is 0 Å². The van der Waals surface area contributed by atoms with E-state index in [1.165, 1.54) is 38.5 Å². The Hall–Kier alpha value is -0.380. The molecule has 0 spiro atoms. The summed E-state index contributed by atoms with van der Waals surface area (Å²) in [7, 11) is 0. The molecule has 4 saturated carbocycles. The Morgan fingerprint density at radius 1 is 1.04 bits per heavy atom. The molecule has 0 radical (unpaired) electrons. The van der Waals surface area contributed by atoms with Crippen LogP contribution in [0.5, 0.6) is 0 Å². The van der Waals surface area contributed by atoms with Crippen molar-refractivity contribution in [3.8, 4) is 0 Å². The topological polar surface area (TPSA) is 29.1 Å². The molecule has 126 valence electrons. The van der Waals surface area contributed by atoms with Gasteiger partial charge >= 0.3 is 0 Å². The third-order valence-corrected chi connectivity index (χ3v) is 6.59. The molecule has 0 atom stereocenters. The van der Waals surface area contributed by atoms with Gasteiger partial charge in [-0.2, -0.15) is 0 Å². The van der Waals surface area contributed by atoms with Gasteiger partial charge in [0.2, 0.25) is 0 Å². The second kappa shape index (κ2) is 6.85. The molecule has 0 saturated heterocycles. The van der Waals surface area contributed by atoms with Gasteiger partial charge in [0, 0.05) is 28.5 Å². The minimum Gasteiger partial charge on any atom is -0.311 e. The van der Waals surface area contributed by atoms with Crippen LogP contribution in [0.2, 0.25) is 0 Å². The van der Waals surface area contributed by atoms with E-state index >= 15 is 0 Å². The lowest BCUT2D eigenvalue weighted by molar-refractivity contribution is -0.0193. The first kappa shape index (κ1) is 17.4. The van der Waals surface area contributed by atoms with Gasteiger partial charge in [0.05, 0.1) is 0 Å². The van der Waals surface area contributed by atoms with Crippen molar-refractivity contribution in [1.29, 1.82) is 0 Å². The van der Waals surface area contributed by atoms with E-state index in [9.17, 15) is 4.79 Å². The third kappa shape index (κ3) is 3.67. The standard InChI is InChI=1S/C19H24BrNO.ClH/c20-17-3-1-16(2-4-17)18(22)5-6-21-19-10-13-7-14(11-19)9-15(8-13)12-19;/h1-4,13-15,21H,5-12H2;1H. The predicted octanol–water partition coefficient (Wildman–Crippen LogP) is 5.00. The summed E-state index contributed by atoms with van der Waals surface area (Å²) in [5.74, 6) is 3.13. The molecule has 23 heavy (non-hydrogen) atoms. The van der Waals surface area contributed by atoms with Crippen LogP contribution in [0.4, 0.5) is 0 Å². The lowest BCUT2D eigenvalue weighted by atomic mass is 9.53. The first-order chi connectivity index (χ1) is 10.6. The Morgan fingerprint density at radius 2 is 1.57 bits per heavy atom. The van der Waals surface area contributed by atoms with Crippen LogP contribution in [0.3, 0.4) is 0 Å². The number of nitrogens with one attached hydrogen (secondary N) is 1. The molecular formula is C19H25BrClNO.